The van der Waals surface area contributed by atoms with Crippen LogP contribution < -0.4 is 5.73 Å². The number of nitrogen functional groups attached to an aromatic ring is 1. The molecule has 0 aliphatic carbocycles. The SMILES string of the molecule is Cc1ccc(N)cc1-c1nnnn1CCC1CCCO1. The lowest BCUT2D eigenvalue weighted by Crippen LogP contribution is -2.12. The zero-order valence-electron chi connectivity index (χ0n) is 11.6. The van der Waals surface area contributed by atoms with Crippen molar-refractivity contribution in [2.45, 2.75) is 38.8 Å². The molecule has 0 bridgehead atoms. The summed E-state index contributed by atoms with van der Waals surface area (Å²) in [5, 5.41) is 12.0. The molecule has 6 nitrogen and oxygen atoms in total. The van der Waals surface area contributed by atoms with E-state index in [1.54, 1.807) is 0 Å². The second-order valence-corrected chi connectivity index (χ2v) is 5.22. The molecule has 1 aliphatic rings. The second-order valence-electron chi connectivity index (χ2n) is 5.22. The summed E-state index contributed by atoms with van der Waals surface area (Å²) in [4.78, 5) is 0. The average Bonchev–Trinajstić information content (AvgIpc) is 3.09. The fourth-order valence-electron chi connectivity index (χ4n) is 2.57. The van der Waals surface area contributed by atoms with Crippen LogP contribution in [0, 0.1) is 6.92 Å². The van der Waals surface area contributed by atoms with Gasteiger partial charge in [-0.1, -0.05) is 6.07 Å². The predicted octanol–water partition coefficient (Wildman–Crippen LogP) is 1.80. The van der Waals surface area contributed by atoms with E-state index in [9.17, 15) is 0 Å². The minimum Gasteiger partial charge on any atom is -0.399 e. The van der Waals surface area contributed by atoms with E-state index in [0.717, 1.165) is 55.1 Å². The molecule has 1 aliphatic heterocycles. The van der Waals surface area contributed by atoms with Crippen molar-refractivity contribution in [1.82, 2.24) is 20.2 Å². The maximum Gasteiger partial charge on any atom is 0.182 e. The number of nitrogens with zero attached hydrogens (tertiary/aromatic N) is 4. The molecule has 1 aromatic heterocycles. The van der Waals surface area contributed by atoms with Crippen molar-refractivity contribution in [3.05, 3.63) is 23.8 Å². The van der Waals surface area contributed by atoms with Gasteiger partial charge in [-0.05, 0) is 54.3 Å². The van der Waals surface area contributed by atoms with Crippen LogP contribution in [0.15, 0.2) is 18.2 Å². The van der Waals surface area contributed by atoms with Crippen LogP contribution in [-0.2, 0) is 11.3 Å². The molecule has 1 fully saturated rings. The van der Waals surface area contributed by atoms with Crippen LogP contribution in [0.3, 0.4) is 0 Å². The van der Waals surface area contributed by atoms with E-state index in [0.29, 0.717) is 6.10 Å². The molecule has 0 amide bonds. The average molecular weight is 273 g/mol. The molecule has 1 saturated heterocycles. The standard InChI is InChI=1S/C14H19N5O/c1-10-4-5-11(15)9-13(10)14-16-17-18-19(14)7-6-12-3-2-8-20-12/h4-5,9,12H,2-3,6-8,15H2,1H3. The third-order valence-corrected chi connectivity index (χ3v) is 3.72. The van der Waals surface area contributed by atoms with Crippen LogP contribution in [0.25, 0.3) is 11.4 Å². The Labute approximate surface area is 117 Å². The van der Waals surface area contributed by atoms with Gasteiger partial charge in [-0.2, -0.15) is 0 Å². The van der Waals surface area contributed by atoms with Crippen molar-refractivity contribution in [3.63, 3.8) is 0 Å². The van der Waals surface area contributed by atoms with Gasteiger partial charge in [0.05, 0.1) is 6.10 Å². The zero-order chi connectivity index (χ0) is 13.9. The first-order chi connectivity index (χ1) is 9.74. The van der Waals surface area contributed by atoms with E-state index in [1.165, 1.54) is 0 Å². The Bertz CT molecular complexity index is 589. The predicted molar refractivity (Wildman–Crippen MR) is 76.0 cm³/mol. The monoisotopic (exact) mass is 273 g/mol. The normalized spacial score (nSPS) is 18.6. The van der Waals surface area contributed by atoms with Gasteiger partial charge in [0.2, 0.25) is 0 Å². The first kappa shape index (κ1) is 13.1. The van der Waals surface area contributed by atoms with Gasteiger partial charge in [0, 0.05) is 24.4 Å². The molecular weight excluding hydrogens is 254 g/mol. The van der Waals surface area contributed by atoms with Gasteiger partial charge in [0.15, 0.2) is 5.82 Å². The van der Waals surface area contributed by atoms with Gasteiger partial charge in [-0.25, -0.2) is 4.68 Å². The summed E-state index contributed by atoms with van der Waals surface area (Å²) in [6.45, 7) is 3.68. The summed E-state index contributed by atoms with van der Waals surface area (Å²) in [6, 6.07) is 5.80. The highest BCUT2D eigenvalue weighted by Gasteiger charge is 2.17. The number of nitrogens with two attached hydrogens (primary N) is 1. The molecule has 2 N–H and O–H groups in total. The number of hydrogen-bond donors (Lipinski definition) is 1. The molecule has 2 heterocycles. The summed E-state index contributed by atoms with van der Waals surface area (Å²) in [5.74, 6) is 0.771. The molecule has 6 heteroatoms. The van der Waals surface area contributed by atoms with Crippen molar-refractivity contribution in [3.8, 4) is 11.4 Å². The van der Waals surface area contributed by atoms with E-state index < -0.39 is 0 Å². The number of aromatic nitrogens is 4. The largest absolute Gasteiger partial charge is 0.399 e. The number of ether oxygens (including phenoxy) is 1. The maximum atomic E-state index is 5.86. The van der Waals surface area contributed by atoms with Crippen LogP contribution in [0.2, 0.25) is 0 Å². The highest BCUT2D eigenvalue weighted by Crippen LogP contribution is 2.24. The van der Waals surface area contributed by atoms with Crippen molar-refractivity contribution in [2.75, 3.05) is 12.3 Å². The van der Waals surface area contributed by atoms with Crippen LogP contribution in [0.4, 0.5) is 5.69 Å². The Morgan fingerprint density at radius 2 is 2.35 bits per heavy atom. The quantitative estimate of drug-likeness (QED) is 0.859. The Kier molecular flexibility index (Phi) is 3.64. The number of aryl methyl sites for hydroxylation is 2. The van der Waals surface area contributed by atoms with Crippen LogP contribution in [-0.4, -0.2) is 32.9 Å². The van der Waals surface area contributed by atoms with E-state index in [4.69, 9.17) is 10.5 Å². The molecule has 1 unspecified atom stereocenters. The van der Waals surface area contributed by atoms with Crippen LogP contribution in [0.1, 0.15) is 24.8 Å². The Balaban J connectivity index is 1.80. The van der Waals surface area contributed by atoms with E-state index >= 15 is 0 Å². The van der Waals surface area contributed by atoms with Gasteiger partial charge in [0.1, 0.15) is 0 Å². The number of tetrazole rings is 1. The van der Waals surface area contributed by atoms with Crippen molar-refractivity contribution in [1.29, 1.82) is 0 Å². The lowest BCUT2D eigenvalue weighted by Gasteiger charge is -2.11. The summed E-state index contributed by atoms with van der Waals surface area (Å²) >= 11 is 0. The number of hydrogen-bond acceptors (Lipinski definition) is 5. The van der Waals surface area contributed by atoms with Gasteiger partial charge in [-0.15, -0.1) is 5.10 Å². The molecular formula is C14H19N5O. The molecule has 106 valence electrons. The van der Waals surface area contributed by atoms with Gasteiger partial charge >= 0.3 is 0 Å². The van der Waals surface area contributed by atoms with Gasteiger partial charge in [-0.3, -0.25) is 0 Å². The van der Waals surface area contributed by atoms with Crippen LogP contribution in [0.5, 0.6) is 0 Å². The number of rotatable bonds is 4. The highest BCUT2D eigenvalue weighted by atomic mass is 16.5. The van der Waals surface area contributed by atoms with E-state index in [1.807, 2.05) is 29.8 Å². The topological polar surface area (TPSA) is 78.9 Å². The smallest absolute Gasteiger partial charge is 0.182 e. The third kappa shape index (κ3) is 2.65. The van der Waals surface area contributed by atoms with Crippen molar-refractivity contribution in [2.24, 2.45) is 0 Å². The molecule has 0 radical (unpaired) electrons. The highest BCUT2D eigenvalue weighted by molar-refractivity contribution is 5.65. The molecule has 3 rings (SSSR count). The Morgan fingerprint density at radius 3 is 3.15 bits per heavy atom. The molecule has 0 spiro atoms. The van der Waals surface area contributed by atoms with Crippen molar-refractivity contribution < 1.29 is 4.74 Å². The third-order valence-electron chi connectivity index (χ3n) is 3.72. The fourth-order valence-corrected chi connectivity index (χ4v) is 2.57. The lowest BCUT2D eigenvalue weighted by molar-refractivity contribution is 0.0994. The van der Waals surface area contributed by atoms with E-state index in [-0.39, 0.29) is 0 Å². The maximum absolute atomic E-state index is 5.86. The Hall–Kier alpha value is -1.95. The summed E-state index contributed by atoms with van der Waals surface area (Å²) < 4.78 is 7.47. The molecule has 1 atom stereocenters. The molecule has 2 aromatic rings. The minimum absolute atomic E-state index is 0.342. The first-order valence-electron chi connectivity index (χ1n) is 6.98. The van der Waals surface area contributed by atoms with Crippen LogP contribution >= 0.6 is 0 Å². The number of benzene rings is 1. The van der Waals surface area contributed by atoms with Crippen molar-refractivity contribution >= 4 is 5.69 Å². The molecule has 1 aromatic carbocycles. The molecule has 20 heavy (non-hydrogen) atoms. The lowest BCUT2D eigenvalue weighted by atomic mass is 10.1. The summed E-state index contributed by atoms with van der Waals surface area (Å²) in [6.07, 6.45) is 3.57. The summed E-state index contributed by atoms with van der Waals surface area (Å²) in [7, 11) is 0. The first-order valence-corrected chi connectivity index (χ1v) is 6.98. The molecule has 0 saturated carbocycles. The minimum atomic E-state index is 0.342. The van der Waals surface area contributed by atoms with Gasteiger partial charge < -0.3 is 10.5 Å². The number of anilines is 1. The zero-order valence-corrected chi connectivity index (χ0v) is 11.6. The van der Waals surface area contributed by atoms with E-state index in [2.05, 4.69) is 15.5 Å². The summed E-state index contributed by atoms with van der Waals surface area (Å²) in [5.41, 5.74) is 8.69. The Morgan fingerprint density at radius 1 is 1.45 bits per heavy atom. The second kappa shape index (κ2) is 5.58. The fraction of sp³-hybridized carbons (Fsp3) is 0.500. The van der Waals surface area contributed by atoms with Gasteiger partial charge in [0.25, 0.3) is 0 Å².